The Bertz CT molecular complexity index is 568. The van der Waals surface area contributed by atoms with Crippen LogP contribution in [-0.4, -0.2) is 15.7 Å². The zero-order chi connectivity index (χ0) is 12.3. The Hall–Kier alpha value is -2.61. The van der Waals surface area contributed by atoms with E-state index in [-0.39, 0.29) is 5.69 Å². The third-order valence-corrected chi connectivity index (χ3v) is 2.40. The summed E-state index contributed by atoms with van der Waals surface area (Å²) in [5, 5.41) is 13.2. The summed E-state index contributed by atoms with van der Waals surface area (Å²) >= 11 is 0. The maximum atomic E-state index is 11.2. The lowest BCUT2D eigenvalue weighted by Gasteiger charge is -2.12. The van der Waals surface area contributed by atoms with Crippen LogP contribution in [0, 0.1) is 11.3 Å². The average molecular weight is 226 g/mol. The topological polar surface area (TPSA) is 84.7 Å². The Morgan fingerprint density at radius 3 is 2.65 bits per heavy atom. The van der Waals surface area contributed by atoms with Gasteiger partial charge in [0.1, 0.15) is 5.69 Å². The second kappa shape index (κ2) is 4.49. The van der Waals surface area contributed by atoms with E-state index in [1.165, 1.54) is 16.9 Å². The van der Waals surface area contributed by atoms with Gasteiger partial charge in [-0.3, -0.25) is 4.79 Å². The standard InChI is InChI=1S/C12H10N4O/c13-8-11(9-4-2-1-3-5-9)16-10(12(14)17)6-7-15-16/h1-7,11H,(H2,14,17). The summed E-state index contributed by atoms with van der Waals surface area (Å²) in [5.74, 6) is -0.598. The molecule has 0 spiro atoms. The minimum atomic E-state index is -0.645. The van der Waals surface area contributed by atoms with Gasteiger partial charge in [0.05, 0.1) is 6.07 Å². The first kappa shape index (κ1) is 10.9. The second-order valence-corrected chi connectivity index (χ2v) is 3.47. The average Bonchev–Trinajstić information content (AvgIpc) is 2.81. The first-order chi connectivity index (χ1) is 8.24. The molecule has 0 saturated carbocycles. The van der Waals surface area contributed by atoms with Crippen molar-refractivity contribution in [3.8, 4) is 6.07 Å². The maximum Gasteiger partial charge on any atom is 0.267 e. The van der Waals surface area contributed by atoms with Crippen molar-refractivity contribution >= 4 is 5.91 Å². The van der Waals surface area contributed by atoms with Crippen LogP contribution in [-0.2, 0) is 0 Å². The predicted molar refractivity (Wildman–Crippen MR) is 60.9 cm³/mol. The summed E-state index contributed by atoms with van der Waals surface area (Å²) in [5.41, 5.74) is 6.21. The molecule has 1 aromatic carbocycles. The quantitative estimate of drug-likeness (QED) is 0.850. The van der Waals surface area contributed by atoms with Crippen molar-refractivity contribution in [2.45, 2.75) is 6.04 Å². The normalized spacial score (nSPS) is 11.7. The molecule has 2 N–H and O–H groups in total. The molecule has 1 heterocycles. The van der Waals surface area contributed by atoms with Gasteiger partial charge in [-0.15, -0.1) is 0 Å². The first-order valence-corrected chi connectivity index (χ1v) is 5.02. The highest BCUT2D eigenvalue weighted by atomic mass is 16.1. The molecule has 1 atom stereocenters. The lowest BCUT2D eigenvalue weighted by atomic mass is 10.1. The highest BCUT2D eigenvalue weighted by Crippen LogP contribution is 2.18. The van der Waals surface area contributed by atoms with Gasteiger partial charge in [-0.2, -0.15) is 10.4 Å². The van der Waals surface area contributed by atoms with Crippen molar-refractivity contribution in [3.63, 3.8) is 0 Å². The smallest absolute Gasteiger partial charge is 0.267 e. The monoisotopic (exact) mass is 226 g/mol. The molecule has 0 saturated heterocycles. The molecule has 0 radical (unpaired) electrons. The Morgan fingerprint density at radius 2 is 2.06 bits per heavy atom. The minimum absolute atomic E-state index is 0.223. The molecular weight excluding hydrogens is 216 g/mol. The number of primary amides is 1. The SMILES string of the molecule is N#CC(c1ccccc1)n1nccc1C(N)=O. The zero-order valence-electron chi connectivity index (χ0n) is 8.95. The van der Waals surface area contributed by atoms with Crippen molar-refractivity contribution in [1.29, 1.82) is 5.26 Å². The van der Waals surface area contributed by atoms with Crippen LogP contribution in [0.1, 0.15) is 22.1 Å². The van der Waals surface area contributed by atoms with Gasteiger partial charge in [0, 0.05) is 6.20 Å². The molecule has 5 nitrogen and oxygen atoms in total. The Kier molecular flexibility index (Phi) is 2.88. The predicted octanol–water partition coefficient (Wildman–Crippen LogP) is 1.09. The number of hydrogen-bond acceptors (Lipinski definition) is 3. The molecule has 0 aliphatic carbocycles. The van der Waals surface area contributed by atoms with Crippen LogP contribution in [0.3, 0.4) is 0 Å². The van der Waals surface area contributed by atoms with E-state index >= 15 is 0 Å². The van der Waals surface area contributed by atoms with E-state index in [9.17, 15) is 10.1 Å². The van der Waals surface area contributed by atoms with Gasteiger partial charge >= 0.3 is 0 Å². The van der Waals surface area contributed by atoms with Crippen LogP contribution in [0.25, 0.3) is 0 Å². The van der Waals surface area contributed by atoms with Crippen molar-refractivity contribution in [1.82, 2.24) is 9.78 Å². The molecule has 5 heteroatoms. The number of amides is 1. The van der Waals surface area contributed by atoms with Gasteiger partial charge in [-0.1, -0.05) is 30.3 Å². The number of nitrogens with two attached hydrogens (primary N) is 1. The number of aromatic nitrogens is 2. The van der Waals surface area contributed by atoms with Gasteiger partial charge in [0.2, 0.25) is 0 Å². The van der Waals surface area contributed by atoms with Crippen molar-refractivity contribution in [2.24, 2.45) is 5.73 Å². The lowest BCUT2D eigenvalue weighted by molar-refractivity contribution is 0.0989. The summed E-state index contributed by atoms with van der Waals surface area (Å²) in [6.45, 7) is 0. The fourth-order valence-electron chi connectivity index (χ4n) is 1.62. The molecule has 0 bridgehead atoms. The van der Waals surface area contributed by atoms with Crippen molar-refractivity contribution in [3.05, 3.63) is 53.9 Å². The van der Waals surface area contributed by atoms with Crippen LogP contribution in [0.2, 0.25) is 0 Å². The highest BCUT2D eigenvalue weighted by molar-refractivity contribution is 5.91. The summed E-state index contributed by atoms with van der Waals surface area (Å²) in [7, 11) is 0. The Balaban J connectivity index is 2.48. The molecular formula is C12H10N4O. The molecule has 0 aliphatic heterocycles. The first-order valence-electron chi connectivity index (χ1n) is 5.02. The largest absolute Gasteiger partial charge is 0.364 e. The third kappa shape index (κ3) is 2.01. The van der Waals surface area contributed by atoms with Crippen molar-refractivity contribution < 1.29 is 4.79 Å². The molecule has 1 amide bonds. The number of hydrogen-bond donors (Lipinski definition) is 1. The molecule has 2 aromatic rings. The van der Waals surface area contributed by atoms with Crippen LogP contribution in [0.15, 0.2) is 42.6 Å². The number of nitriles is 1. The third-order valence-electron chi connectivity index (χ3n) is 2.40. The van der Waals surface area contributed by atoms with Crippen LogP contribution in [0.5, 0.6) is 0 Å². The summed E-state index contributed by atoms with van der Waals surface area (Å²) in [6, 6.07) is 12.1. The van der Waals surface area contributed by atoms with Gasteiger partial charge < -0.3 is 5.73 Å². The lowest BCUT2D eigenvalue weighted by Crippen LogP contribution is -2.21. The number of nitrogens with zero attached hydrogens (tertiary/aromatic N) is 3. The highest BCUT2D eigenvalue weighted by Gasteiger charge is 2.18. The zero-order valence-corrected chi connectivity index (χ0v) is 8.95. The van der Waals surface area contributed by atoms with Crippen molar-refractivity contribution in [2.75, 3.05) is 0 Å². The van der Waals surface area contributed by atoms with E-state index in [1.54, 1.807) is 12.1 Å². The van der Waals surface area contributed by atoms with E-state index in [0.717, 1.165) is 5.56 Å². The second-order valence-electron chi connectivity index (χ2n) is 3.47. The summed E-state index contributed by atoms with van der Waals surface area (Å²) < 4.78 is 1.33. The number of carbonyl (C=O) groups excluding carboxylic acids is 1. The van der Waals surface area contributed by atoms with Crippen LogP contribution >= 0.6 is 0 Å². The van der Waals surface area contributed by atoms with E-state index in [1.807, 2.05) is 18.2 Å². The maximum absolute atomic E-state index is 11.2. The van der Waals surface area contributed by atoms with E-state index in [0.29, 0.717) is 0 Å². The van der Waals surface area contributed by atoms with Gasteiger partial charge in [-0.25, -0.2) is 4.68 Å². The molecule has 0 fully saturated rings. The van der Waals surface area contributed by atoms with E-state index in [4.69, 9.17) is 5.73 Å². The van der Waals surface area contributed by atoms with Gasteiger partial charge in [0.15, 0.2) is 6.04 Å². The Morgan fingerprint density at radius 1 is 1.35 bits per heavy atom. The van der Waals surface area contributed by atoms with Crippen LogP contribution in [0.4, 0.5) is 0 Å². The summed E-state index contributed by atoms with van der Waals surface area (Å²) in [6.07, 6.45) is 1.45. The number of rotatable bonds is 3. The molecule has 84 valence electrons. The molecule has 1 aromatic heterocycles. The van der Waals surface area contributed by atoms with E-state index < -0.39 is 11.9 Å². The van der Waals surface area contributed by atoms with Gasteiger partial charge in [-0.05, 0) is 11.6 Å². The number of carbonyl (C=O) groups is 1. The van der Waals surface area contributed by atoms with Gasteiger partial charge in [0.25, 0.3) is 5.91 Å². The van der Waals surface area contributed by atoms with E-state index in [2.05, 4.69) is 11.2 Å². The molecule has 1 unspecified atom stereocenters. The summed E-state index contributed by atoms with van der Waals surface area (Å²) in [4.78, 5) is 11.2. The van der Waals surface area contributed by atoms with Crippen LogP contribution < -0.4 is 5.73 Å². The Labute approximate surface area is 98.1 Å². The molecule has 17 heavy (non-hydrogen) atoms. The fourth-order valence-corrected chi connectivity index (χ4v) is 1.62. The minimum Gasteiger partial charge on any atom is -0.364 e. The molecule has 0 aliphatic rings. The molecule has 2 rings (SSSR count). The number of benzene rings is 1. The fraction of sp³-hybridized carbons (Fsp3) is 0.0833.